The number of carbonyl (C=O) groups excluding carboxylic acids is 2. The predicted octanol–water partition coefficient (Wildman–Crippen LogP) is 4.88. The number of esters is 1. The molecule has 5 nitrogen and oxygen atoms in total. The molecule has 0 saturated heterocycles. The van der Waals surface area contributed by atoms with Crippen LogP contribution in [0.15, 0.2) is 48.0 Å². The molecule has 3 rings (SSSR count). The van der Waals surface area contributed by atoms with Gasteiger partial charge in [0.25, 0.3) is 0 Å². The van der Waals surface area contributed by atoms with Gasteiger partial charge in [0.05, 0.1) is 13.0 Å². The van der Waals surface area contributed by atoms with E-state index in [1.165, 1.54) is 0 Å². The molecule has 0 bridgehead atoms. The number of hydrogen-bond donors (Lipinski definition) is 1. The normalized spacial score (nSPS) is 14.0. The molecule has 1 aliphatic rings. The molecule has 0 atom stereocenters. The third-order valence-electron chi connectivity index (χ3n) is 4.82. The topological polar surface area (TPSA) is 78.6 Å². The van der Waals surface area contributed by atoms with E-state index >= 15 is 0 Å². The molecular formula is C24H24ClNO4. The second-order valence-corrected chi connectivity index (χ2v) is 7.28. The maximum absolute atomic E-state index is 11.8. The fourth-order valence-corrected chi connectivity index (χ4v) is 3.90. The second kappa shape index (κ2) is 9.63. The molecule has 156 valence electrons. The molecule has 6 heteroatoms. The Morgan fingerprint density at radius 3 is 2.53 bits per heavy atom. The minimum Gasteiger partial charge on any atom is -0.481 e. The van der Waals surface area contributed by atoms with Crippen LogP contribution in [0.1, 0.15) is 43.4 Å². The maximum Gasteiger partial charge on any atom is 0.344 e. The van der Waals surface area contributed by atoms with Gasteiger partial charge in [-0.2, -0.15) is 0 Å². The Morgan fingerprint density at radius 2 is 1.87 bits per heavy atom. The third kappa shape index (κ3) is 4.74. The number of primary amides is 1. The predicted molar refractivity (Wildman–Crippen MR) is 119 cm³/mol. The van der Waals surface area contributed by atoms with E-state index in [0.717, 1.165) is 33.4 Å². The van der Waals surface area contributed by atoms with E-state index in [9.17, 15) is 9.59 Å². The van der Waals surface area contributed by atoms with Crippen molar-refractivity contribution in [2.24, 2.45) is 5.73 Å². The Morgan fingerprint density at radius 1 is 1.10 bits per heavy atom. The molecule has 0 fully saturated rings. The van der Waals surface area contributed by atoms with Gasteiger partial charge in [-0.25, -0.2) is 4.79 Å². The van der Waals surface area contributed by atoms with Crippen LogP contribution in [0, 0.1) is 0 Å². The van der Waals surface area contributed by atoms with Crippen molar-refractivity contribution in [3.63, 3.8) is 0 Å². The van der Waals surface area contributed by atoms with E-state index in [4.69, 9.17) is 26.8 Å². The fourth-order valence-electron chi connectivity index (χ4n) is 3.70. The second-order valence-electron chi connectivity index (χ2n) is 6.84. The summed E-state index contributed by atoms with van der Waals surface area (Å²) in [7, 11) is 0. The first-order valence-corrected chi connectivity index (χ1v) is 10.2. The summed E-state index contributed by atoms with van der Waals surface area (Å²) in [6, 6.07) is 13.2. The molecule has 0 spiro atoms. The highest BCUT2D eigenvalue weighted by Gasteiger charge is 2.29. The van der Waals surface area contributed by atoms with Gasteiger partial charge in [0.2, 0.25) is 5.91 Å². The van der Waals surface area contributed by atoms with Crippen LogP contribution in [-0.2, 0) is 14.3 Å². The largest absolute Gasteiger partial charge is 0.481 e. The van der Waals surface area contributed by atoms with E-state index in [0.29, 0.717) is 17.2 Å². The Labute approximate surface area is 181 Å². The van der Waals surface area contributed by atoms with Crippen LogP contribution >= 0.6 is 11.6 Å². The minimum absolute atomic E-state index is 0.0861. The smallest absolute Gasteiger partial charge is 0.344 e. The highest BCUT2D eigenvalue weighted by atomic mass is 35.5. The van der Waals surface area contributed by atoms with E-state index in [1.807, 2.05) is 49.4 Å². The molecule has 30 heavy (non-hydrogen) atoms. The van der Waals surface area contributed by atoms with Gasteiger partial charge < -0.3 is 15.2 Å². The van der Waals surface area contributed by atoms with Crippen LogP contribution in [0.2, 0.25) is 5.02 Å². The molecule has 1 amide bonds. The molecule has 0 saturated carbocycles. The minimum atomic E-state index is -0.445. The van der Waals surface area contributed by atoms with Gasteiger partial charge in [-0.3, -0.25) is 4.79 Å². The molecule has 0 aliphatic heterocycles. The number of hydrogen-bond acceptors (Lipinski definition) is 4. The van der Waals surface area contributed by atoms with Crippen molar-refractivity contribution < 1.29 is 19.1 Å². The van der Waals surface area contributed by atoms with Crippen LogP contribution in [0.25, 0.3) is 17.2 Å². The Balaban J connectivity index is 2.12. The summed E-state index contributed by atoms with van der Waals surface area (Å²) in [5.41, 5.74) is 11.1. The average molecular weight is 426 g/mol. The highest BCUT2D eigenvalue weighted by molar-refractivity contribution is 6.30. The average Bonchev–Trinajstić information content (AvgIpc) is 2.99. The van der Waals surface area contributed by atoms with E-state index in [-0.39, 0.29) is 19.6 Å². The zero-order valence-corrected chi connectivity index (χ0v) is 17.8. The zero-order valence-electron chi connectivity index (χ0n) is 17.0. The zero-order chi connectivity index (χ0) is 21.7. The van der Waals surface area contributed by atoms with Gasteiger partial charge >= 0.3 is 5.97 Å². The van der Waals surface area contributed by atoms with Gasteiger partial charge in [0.1, 0.15) is 5.75 Å². The van der Waals surface area contributed by atoms with Crippen LogP contribution in [0.3, 0.4) is 0 Å². The lowest BCUT2D eigenvalue weighted by Crippen LogP contribution is -2.15. The third-order valence-corrected chi connectivity index (χ3v) is 5.06. The van der Waals surface area contributed by atoms with Gasteiger partial charge in [-0.05, 0) is 65.5 Å². The van der Waals surface area contributed by atoms with Crippen molar-refractivity contribution >= 4 is 40.7 Å². The first-order valence-electron chi connectivity index (χ1n) is 9.84. The molecule has 1 aliphatic carbocycles. The summed E-state index contributed by atoms with van der Waals surface area (Å²) in [4.78, 5) is 23.6. The number of halogens is 1. The van der Waals surface area contributed by atoms with Gasteiger partial charge in [0.15, 0.2) is 6.61 Å². The SMILES string of the molecule is CCOC(=O)COc1cccc2c1C(CC(N)=O)=C(CC)/C2=C/c1cccc(Cl)c1. The van der Waals surface area contributed by atoms with Crippen molar-refractivity contribution in [2.75, 3.05) is 13.2 Å². The highest BCUT2D eigenvalue weighted by Crippen LogP contribution is 2.48. The lowest BCUT2D eigenvalue weighted by atomic mass is 9.98. The first-order chi connectivity index (χ1) is 14.4. The van der Waals surface area contributed by atoms with Crippen LogP contribution in [-0.4, -0.2) is 25.1 Å². The summed E-state index contributed by atoms with van der Waals surface area (Å²) < 4.78 is 10.7. The Bertz CT molecular complexity index is 1040. The number of carbonyl (C=O) groups is 2. The van der Waals surface area contributed by atoms with Crippen molar-refractivity contribution in [3.05, 3.63) is 69.8 Å². The Kier molecular flexibility index (Phi) is 6.95. The van der Waals surface area contributed by atoms with Gasteiger partial charge in [0, 0.05) is 10.6 Å². The van der Waals surface area contributed by atoms with Crippen molar-refractivity contribution in [1.29, 1.82) is 0 Å². The summed E-state index contributed by atoms with van der Waals surface area (Å²) in [6.45, 7) is 3.86. The quantitative estimate of drug-likeness (QED) is 0.611. The van der Waals surface area contributed by atoms with Crippen LogP contribution in [0.4, 0.5) is 0 Å². The van der Waals surface area contributed by atoms with Crippen LogP contribution in [0.5, 0.6) is 5.75 Å². The van der Waals surface area contributed by atoms with Crippen molar-refractivity contribution in [1.82, 2.24) is 0 Å². The fraction of sp³-hybridized carbons (Fsp3) is 0.250. The molecule has 0 aromatic heterocycles. The summed E-state index contributed by atoms with van der Waals surface area (Å²) >= 11 is 6.15. The summed E-state index contributed by atoms with van der Waals surface area (Å²) in [5, 5.41) is 0.647. The number of allylic oxidation sites excluding steroid dienone is 2. The monoisotopic (exact) mass is 425 g/mol. The standard InChI is InChI=1S/C24H24ClNO4/c1-3-17-19(12-15-7-5-8-16(25)11-15)18-9-6-10-21(30-14-23(28)29-4-2)24(18)20(17)13-22(26)27/h5-12H,3-4,13-14H2,1-2H3,(H2,26,27)/b19-12-. The molecule has 2 aromatic carbocycles. The molecule has 0 radical (unpaired) electrons. The van der Waals surface area contributed by atoms with Gasteiger partial charge in [-0.15, -0.1) is 0 Å². The van der Waals surface area contributed by atoms with E-state index < -0.39 is 11.9 Å². The lowest BCUT2D eigenvalue weighted by molar-refractivity contribution is -0.145. The molecular weight excluding hydrogens is 402 g/mol. The van der Waals surface area contributed by atoms with E-state index in [2.05, 4.69) is 0 Å². The first kappa shape index (κ1) is 21.7. The molecule has 0 unspecified atom stereocenters. The number of benzene rings is 2. The summed E-state index contributed by atoms with van der Waals surface area (Å²) in [6.07, 6.45) is 2.84. The van der Waals surface area contributed by atoms with Gasteiger partial charge in [-0.1, -0.05) is 42.8 Å². The van der Waals surface area contributed by atoms with Crippen LogP contribution < -0.4 is 10.5 Å². The number of nitrogens with two attached hydrogens (primary N) is 1. The molecule has 0 heterocycles. The van der Waals surface area contributed by atoms with Crippen molar-refractivity contribution in [2.45, 2.75) is 26.7 Å². The number of ether oxygens (including phenoxy) is 2. The maximum atomic E-state index is 11.8. The molecule has 2 N–H and O–H groups in total. The Hall–Kier alpha value is -3.05. The van der Waals surface area contributed by atoms with E-state index in [1.54, 1.807) is 13.0 Å². The van der Waals surface area contributed by atoms with Crippen molar-refractivity contribution in [3.8, 4) is 5.75 Å². The number of rotatable bonds is 8. The number of fused-ring (bicyclic) bond motifs is 1. The number of amides is 1. The summed E-state index contributed by atoms with van der Waals surface area (Å²) in [5.74, 6) is -0.345. The molecule has 2 aromatic rings. The lowest BCUT2D eigenvalue weighted by Gasteiger charge is -2.13.